The number of sulfonamides is 1. The van der Waals surface area contributed by atoms with Crippen LogP contribution < -0.4 is 16.2 Å². The fourth-order valence-corrected chi connectivity index (χ4v) is 2.33. The Bertz CT molecular complexity index is 713. The maximum Gasteiger partial charge on any atom is 0.240 e. The number of hydrogen-bond acceptors (Lipinski definition) is 6. The van der Waals surface area contributed by atoms with E-state index in [-0.39, 0.29) is 10.6 Å². The maximum absolute atomic E-state index is 11.4. The number of nitrogen functional groups attached to an aromatic ring is 1. The topological polar surface area (TPSA) is 124 Å². The van der Waals surface area contributed by atoms with Crippen LogP contribution in [-0.4, -0.2) is 18.4 Å². The molecule has 0 fully saturated rings. The minimum Gasteiger partial charge on any atom is -0.396 e. The summed E-state index contributed by atoms with van der Waals surface area (Å²) in [6, 6.07) is 4.60. The quantitative estimate of drug-likeness (QED) is 0.710. The van der Waals surface area contributed by atoms with Crippen molar-refractivity contribution >= 4 is 21.4 Å². The largest absolute Gasteiger partial charge is 0.396 e. The Labute approximate surface area is 117 Å². The highest BCUT2D eigenvalue weighted by Gasteiger charge is 2.14. The number of para-hydroxylation sites is 1. The maximum atomic E-state index is 11.4. The number of benzene rings is 1. The molecule has 5 N–H and O–H groups in total. The van der Waals surface area contributed by atoms with Gasteiger partial charge in [-0.05, 0) is 19.1 Å². The van der Waals surface area contributed by atoms with Gasteiger partial charge in [-0.25, -0.2) is 13.6 Å². The molecule has 0 bridgehead atoms. The van der Waals surface area contributed by atoms with Crippen LogP contribution in [0, 0.1) is 6.92 Å². The summed E-state index contributed by atoms with van der Waals surface area (Å²) < 4.78 is 22.7. The summed E-state index contributed by atoms with van der Waals surface area (Å²) >= 11 is 0. The Morgan fingerprint density at radius 1 is 1.25 bits per heavy atom. The molecule has 2 aromatic rings. The highest BCUT2D eigenvalue weighted by molar-refractivity contribution is 7.89. The first kappa shape index (κ1) is 14.2. The predicted octanol–water partition coefficient (Wildman–Crippen LogP) is 0.627. The number of anilines is 2. The zero-order chi connectivity index (χ0) is 14.8. The molecule has 0 aliphatic rings. The van der Waals surface area contributed by atoms with Crippen LogP contribution in [0.15, 0.2) is 35.5 Å². The van der Waals surface area contributed by atoms with Gasteiger partial charge in [0.05, 0.1) is 35.5 Å². The average Bonchev–Trinajstić information content (AvgIpc) is 2.38. The van der Waals surface area contributed by atoms with Gasteiger partial charge in [0.2, 0.25) is 10.0 Å². The van der Waals surface area contributed by atoms with Crippen molar-refractivity contribution in [2.24, 2.45) is 5.14 Å². The first-order chi connectivity index (χ1) is 9.38. The van der Waals surface area contributed by atoms with Crippen molar-refractivity contribution in [2.75, 3.05) is 11.1 Å². The van der Waals surface area contributed by atoms with E-state index in [0.717, 1.165) is 11.4 Å². The lowest BCUT2D eigenvalue weighted by Crippen LogP contribution is -2.15. The van der Waals surface area contributed by atoms with E-state index in [0.29, 0.717) is 12.2 Å². The Morgan fingerprint density at radius 2 is 2.00 bits per heavy atom. The molecule has 7 nitrogen and oxygen atoms in total. The number of nitrogens with one attached hydrogen (secondary N) is 1. The van der Waals surface area contributed by atoms with Crippen LogP contribution in [0.25, 0.3) is 0 Å². The van der Waals surface area contributed by atoms with Gasteiger partial charge >= 0.3 is 0 Å². The molecule has 106 valence electrons. The van der Waals surface area contributed by atoms with Gasteiger partial charge in [-0.2, -0.15) is 0 Å². The van der Waals surface area contributed by atoms with Crippen molar-refractivity contribution < 1.29 is 8.42 Å². The molecule has 1 aromatic heterocycles. The number of nitrogens with zero attached hydrogens (tertiary/aromatic N) is 2. The number of aromatic nitrogens is 2. The molecular formula is C12H15N5O2S. The van der Waals surface area contributed by atoms with E-state index < -0.39 is 10.0 Å². The second-order valence-corrected chi connectivity index (χ2v) is 5.79. The molecule has 0 saturated heterocycles. The fraction of sp³-hybridized carbons (Fsp3) is 0.167. The lowest BCUT2D eigenvalue weighted by Gasteiger charge is -2.11. The first-order valence-electron chi connectivity index (χ1n) is 5.80. The van der Waals surface area contributed by atoms with Crippen LogP contribution in [-0.2, 0) is 16.6 Å². The summed E-state index contributed by atoms with van der Waals surface area (Å²) in [4.78, 5) is 8.21. The van der Waals surface area contributed by atoms with Gasteiger partial charge in [0, 0.05) is 6.20 Å². The minimum atomic E-state index is -3.84. The Hall–Kier alpha value is -2.19. The van der Waals surface area contributed by atoms with Crippen molar-refractivity contribution in [1.29, 1.82) is 0 Å². The molecule has 20 heavy (non-hydrogen) atoms. The molecular weight excluding hydrogens is 278 g/mol. The van der Waals surface area contributed by atoms with Gasteiger partial charge in [0.15, 0.2) is 0 Å². The highest BCUT2D eigenvalue weighted by atomic mass is 32.2. The van der Waals surface area contributed by atoms with Gasteiger partial charge < -0.3 is 11.1 Å². The molecule has 1 aromatic carbocycles. The second-order valence-electron chi connectivity index (χ2n) is 4.27. The molecule has 0 spiro atoms. The fourth-order valence-electron chi connectivity index (χ4n) is 1.64. The van der Waals surface area contributed by atoms with Crippen LogP contribution in [0.3, 0.4) is 0 Å². The Balaban J connectivity index is 2.20. The summed E-state index contributed by atoms with van der Waals surface area (Å²) in [6.07, 6.45) is 3.29. The second kappa shape index (κ2) is 5.43. The monoisotopic (exact) mass is 293 g/mol. The van der Waals surface area contributed by atoms with E-state index in [2.05, 4.69) is 15.3 Å². The van der Waals surface area contributed by atoms with Gasteiger partial charge in [-0.15, -0.1) is 0 Å². The van der Waals surface area contributed by atoms with Gasteiger partial charge in [0.25, 0.3) is 0 Å². The molecule has 0 radical (unpaired) electrons. The van der Waals surface area contributed by atoms with Gasteiger partial charge in [0.1, 0.15) is 4.90 Å². The summed E-state index contributed by atoms with van der Waals surface area (Å²) in [5.74, 6) is 0. The van der Waals surface area contributed by atoms with Crippen LogP contribution >= 0.6 is 0 Å². The number of primary sulfonamides is 1. The van der Waals surface area contributed by atoms with E-state index >= 15 is 0 Å². The number of hydrogen-bond donors (Lipinski definition) is 3. The first-order valence-corrected chi connectivity index (χ1v) is 7.35. The van der Waals surface area contributed by atoms with Crippen LogP contribution in [0.5, 0.6) is 0 Å². The predicted molar refractivity (Wildman–Crippen MR) is 76.3 cm³/mol. The van der Waals surface area contributed by atoms with E-state index in [4.69, 9.17) is 10.9 Å². The molecule has 0 atom stereocenters. The van der Waals surface area contributed by atoms with E-state index in [9.17, 15) is 8.42 Å². The Kier molecular flexibility index (Phi) is 3.86. The van der Waals surface area contributed by atoms with Crippen LogP contribution in [0.1, 0.15) is 11.4 Å². The molecule has 0 aliphatic carbocycles. The molecule has 0 aliphatic heterocycles. The molecule has 1 heterocycles. The molecule has 8 heteroatoms. The summed E-state index contributed by atoms with van der Waals surface area (Å²) in [5.41, 5.74) is 7.92. The van der Waals surface area contributed by atoms with E-state index in [1.54, 1.807) is 24.5 Å². The normalized spacial score (nSPS) is 11.3. The zero-order valence-electron chi connectivity index (χ0n) is 10.9. The van der Waals surface area contributed by atoms with Crippen molar-refractivity contribution in [3.8, 4) is 0 Å². The van der Waals surface area contributed by atoms with E-state index in [1.807, 2.05) is 6.92 Å². The third-order valence-electron chi connectivity index (χ3n) is 2.67. The number of nitrogens with two attached hydrogens (primary N) is 2. The zero-order valence-corrected chi connectivity index (χ0v) is 11.7. The van der Waals surface area contributed by atoms with Crippen LogP contribution in [0.4, 0.5) is 11.4 Å². The highest BCUT2D eigenvalue weighted by Crippen LogP contribution is 2.25. The van der Waals surface area contributed by atoms with Crippen molar-refractivity contribution in [2.45, 2.75) is 18.4 Å². The number of rotatable bonds is 4. The average molecular weight is 293 g/mol. The van der Waals surface area contributed by atoms with Gasteiger partial charge in [-0.1, -0.05) is 6.07 Å². The lowest BCUT2D eigenvalue weighted by molar-refractivity contribution is 0.598. The summed E-state index contributed by atoms with van der Waals surface area (Å²) in [6.45, 7) is 2.23. The Morgan fingerprint density at radius 3 is 2.60 bits per heavy atom. The molecule has 0 saturated carbocycles. The third kappa shape index (κ3) is 3.22. The summed E-state index contributed by atoms with van der Waals surface area (Å²) in [7, 11) is -3.84. The van der Waals surface area contributed by atoms with Crippen molar-refractivity contribution in [3.63, 3.8) is 0 Å². The minimum absolute atomic E-state index is 0.0927. The SMILES string of the molecule is Cc1cnc(CNc2cccc(S(N)(=O)=O)c2N)cn1. The smallest absolute Gasteiger partial charge is 0.240 e. The third-order valence-corrected chi connectivity index (χ3v) is 3.64. The number of aryl methyl sites for hydroxylation is 1. The summed E-state index contributed by atoms with van der Waals surface area (Å²) in [5, 5.41) is 8.11. The van der Waals surface area contributed by atoms with Crippen LogP contribution in [0.2, 0.25) is 0 Å². The lowest BCUT2D eigenvalue weighted by atomic mass is 10.2. The molecule has 2 rings (SSSR count). The molecule has 0 unspecified atom stereocenters. The standard InChI is InChI=1S/C12H15N5O2S/c1-8-5-16-9(6-15-8)7-17-10-3-2-4-11(12(10)13)20(14,18)19/h2-6,17H,7,13H2,1H3,(H2,14,18,19). The van der Waals surface area contributed by atoms with Crippen molar-refractivity contribution in [3.05, 3.63) is 42.0 Å². The van der Waals surface area contributed by atoms with Crippen molar-refractivity contribution in [1.82, 2.24) is 9.97 Å². The molecule has 0 amide bonds. The van der Waals surface area contributed by atoms with Gasteiger partial charge in [-0.3, -0.25) is 9.97 Å². The van der Waals surface area contributed by atoms with E-state index in [1.165, 1.54) is 6.07 Å².